The molecule has 0 spiro atoms. The number of carbonyl (C=O) groups is 1. The number of primary sulfonamides is 1. The van der Waals surface area contributed by atoms with Gasteiger partial charge in [-0.2, -0.15) is 0 Å². The Morgan fingerprint density at radius 2 is 2.05 bits per heavy atom. The average molecular weight is 306 g/mol. The van der Waals surface area contributed by atoms with E-state index >= 15 is 0 Å². The summed E-state index contributed by atoms with van der Waals surface area (Å²) in [6, 6.07) is 3.66. The number of rotatable bonds is 5. The van der Waals surface area contributed by atoms with E-state index < -0.39 is 16.0 Å². The van der Waals surface area contributed by atoms with Crippen molar-refractivity contribution in [1.82, 2.24) is 0 Å². The summed E-state index contributed by atoms with van der Waals surface area (Å²) in [6.45, 7) is 4.26. The van der Waals surface area contributed by atoms with Crippen LogP contribution in [0.5, 0.6) is 0 Å². The van der Waals surface area contributed by atoms with Crippen LogP contribution in [0.15, 0.2) is 23.1 Å². The van der Waals surface area contributed by atoms with Crippen molar-refractivity contribution in [2.45, 2.75) is 25.2 Å². The van der Waals surface area contributed by atoms with Crippen molar-refractivity contribution in [2.24, 2.45) is 11.1 Å². The predicted molar refractivity (Wildman–Crippen MR) is 72.6 cm³/mol. The van der Waals surface area contributed by atoms with Crippen LogP contribution in [0.1, 0.15) is 30.6 Å². The van der Waals surface area contributed by atoms with E-state index in [0.717, 1.165) is 12.5 Å². The molecule has 1 rings (SSSR count). The normalized spacial score (nSPS) is 11.6. The standard InChI is InChI=1S/C12H16ClNO4S/c1-8(2)5-6-18-12(15)10-7-9(19(14,16)17)3-4-11(10)13/h3-4,7-8H,5-6H2,1-2H3,(H2,14,16,17). The molecule has 1 aromatic carbocycles. The molecule has 0 aliphatic heterocycles. The zero-order valence-electron chi connectivity index (χ0n) is 10.7. The zero-order valence-corrected chi connectivity index (χ0v) is 12.3. The number of nitrogens with two attached hydrogens (primary N) is 1. The number of sulfonamides is 1. The first-order valence-electron chi connectivity index (χ1n) is 5.71. The monoisotopic (exact) mass is 305 g/mol. The first-order chi connectivity index (χ1) is 8.71. The Kier molecular flexibility index (Phi) is 5.34. The highest BCUT2D eigenvalue weighted by Crippen LogP contribution is 2.21. The molecule has 0 fully saturated rings. The van der Waals surface area contributed by atoms with Gasteiger partial charge >= 0.3 is 5.97 Å². The fourth-order valence-electron chi connectivity index (χ4n) is 1.30. The third kappa shape index (κ3) is 4.81. The summed E-state index contributed by atoms with van der Waals surface area (Å²) in [5.41, 5.74) is -0.00283. The molecular weight excluding hydrogens is 290 g/mol. The predicted octanol–water partition coefficient (Wildman–Crippen LogP) is 2.19. The van der Waals surface area contributed by atoms with Crippen LogP contribution in [0.3, 0.4) is 0 Å². The van der Waals surface area contributed by atoms with Gasteiger partial charge in [0.05, 0.1) is 22.1 Å². The maximum absolute atomic E-state index is 11.8. The number of hydrogen-bond donors (Lipinski definition) is 1. The number of hydrogen-bond acceptors (Lipinski definition) is 4. The average Bonchev–Trinajstić information content (AvgIpc) is 2.27. The Balaban J connectivity index is 2.90. The second-order valence-corrected chi connectivity index (χ2v) is 6.47. The topological polar surface area (TPSA) is 86.5 Å². The Hall–Kier alpha value is -1.11. The molecule has 0 heterocycles. The van der Waals surface area contributed by atoms with E-state index in [0.29, 0.717) is 5.92 Å². The van der Waals surface area contributed by atoms with Gasteiger partial charge in [-0.1, -0.05) is 25.4 Å². The minimum atomic E-state index is -3.88. The summed E-state index contributed by atoms with van der Waals surface area (Å²) in [4.78, 5) is 11.6. The molecule has 0 amide bonds. The van der Waals surface area contributed by atoms with E-state index in [9.17, 15) is 13.2 Å². The van der Waals surface area contributed by atoms with Gasteiger partial charge in [-0.25, -0.2) is 18.4 Å². The molecule has 0 aromatic heterocycles. The molecule has 0 aliphatic rings. The van der Waals surface area contributed by atoms with E-state index in [2.05, 4.69) is 0 Å². The van der Waals surface area contributed by atoms with Gasteiger partial charge in [0.15, 0.2) is 0 Å². The Morgan fingerprint density at radius 1 is 1.42 bits per heavy atom. The van der Waals surface area contributed by atoms with Gasteiger partial charge < -0.3 is 4.74 Å². The van der Waals surface area contributed by atoms with Crippen LogP contribution in [0, 0.1) is 5.92 Å². The molecule has 1 aromatic rings. The quantitative estimate of drug-likeness (QED) is 0.845. The molecule has 0 aliphatic carbocycles. The first-order valence-corrected chi connectivity index (χ1v) is 7.63. The van der Waals surface area contributed by atoms with Crippen molar-refractivity contribution < 1.29 is 17.9 Å². The van der Waals surface area contributed by atoms with Crippen LogP contribution in [-0.2, 0) is 14.8 Å². The van der Waals surface area contributed by atoms with Crippen molar-refractivity contribution >= 4 is 27.6 Å². The van der Waals surface area contributed by atoms with Crippen molar-refractivity contribution in [3.8, 4) is 0 Å². The molecule has 0 atom stereocenters. The van der Waals surface area contributed by atoms with Crippen LogP contribution in [0.4, 0.5) is 0 Å². The van der Waals surface area contributed by atoms with Gasteiger partial charge in [0.2, 0.25) is 10.0 Å². The SMILES string of the molecule is CC(C)CCOC(=O)c1cc(S(N)(=O)=O)ccc1Cl. The van der Waals surface area contributed by atoms with E-state index in [1.807, 2.05) is 13.8 Å². The van der Waals surface area contributed by atoms with Gasteiger partial charge in [0.25, 0.3) is 0 Å². The maximum atomic E-state index is 11.8. The fourth-order valence-corrected chi connectivity index (χ4v) is 2.04. The van der Waals surface area contributed by atoms with Crippen molar-refractivity contribution in [3.63, 3.8) is 0 Å². The highest BCUT2D eigenvalue weighted by atomic mass is 35.5. The summed E-state index contributed by atoms with van der Waals surface area (Å²) >= 11 is 5.85. The number of halogens is 1. The Morgan fingerprint density at radius 3 is 2.58 bits per heavy atom. The first kappa shape index (κ1) is 15.9. The smallest absolute Gasteiger partial charge is 0.339 e. The summed E-state index contributed by atoms with van der Waals surface area (Å²) < 4.78 is 27.4. The van der Waals surface area contributed by atoms with E-state index in [4.69, 9.17) is 21.5 Å². The van der Waals surface area contributed by atoms with Crippen LogP contribution < -0.4 is 5.14 Å². The summed E-state index contributed by atoms with van der Waals surface area (Å²) in [5, 5.41) is 5.12. The van der Waals surface area contributed by atoms with Crippen molar-refractivity contribution in [3.05, 3.63) is 28.8 Å². The van der Waals surface area contributed by atoms with Gasteiger partial charge in [-0.05, 0) is 30.5 Å². The molecule has 0 saturated carbocycles. The number of esters is 1. The Labute approximate surface area is 117 Å². The lowest BCUT2D eigenvalue weighted by Gasteiger charge is -2.08. The third-order valence-electron chi connectivity index (χ3n) is 2.41. The van der Waals surface area contributed by atoms with E-state index in [-0.39, 0.29) is 22.1 Å². The second-order valence-electron chi connectivity index (χ2n) is 4.51. The maximum Gasteiger partial charge on any atom is 0.339 e. The van der Waals surface area contributed by atoms with Gasteiger partial charge in [0.1, 0.15) is 0 Å². The van der Waals surface area contributed by atoms with Crippen LogP contribution in [0.2, 0.25) is 5.02 Å². The molecule has 0 unspecified atom stereocenters. The second kappa shape index (κ2) is 6.36. The number of ether oxygens (including phenoxy) is 1. The molecule has 0 radical (unpaired) electrons. The lowest BCUT2D eigenvalue weighted by molar-refractivity contribution is 0.0488. The lowest BCUT2D eigenvalue weighted by Crippen LogP contribution is -2.14. The molecule has 106 valence electrons. The number of benzene rings is 1. The van der Waals surface area contributed by atoms with Gasteiger partial charge in [-0.3, -0.25) is 0 Å². The van der Waals surface area contributed by atoms with Gasteiger partial charge in [-0.15, -0.1) is 0 Å². The minimum Gasteiger partial charge on any atom is -0.462 e. The zero-order chi connectivity index (χ0) is 14.6. The minimum absolute atomic E-state index is 0.00283. The lowest BCUT2D eigenvalue weighted by atomic mass is 10.1. The molecule has 0 bridgehead atoms. The largest absolute Gasteiger partial charge is 0.462 e. The van der Waals surface area contributed by atoms with Crippen LogP contribution in [0.25, 0.3) is 0 Å². The van der Waals surface area contributed by atoms with Crippen molar-refractivity contribution in [1.29, 1.82) is 0 Å². The van der Waals surface area contributed by atoms with Gasteiger partial charge in [0, 0.05) is 0 Å². The molecule has 19 heavy (non-hydrogen) atoms. The van der Waals surface area contributed by atoms with E-state index in [1.165, 1.54) is 12.1 Å². The molecule has 5 nitrogen and oxygen atoms in total. The third-order valence-corrected chi connectivity index (χ3v) is 3.66. The Bertz CT molecular complexity index is 569. The summed E-state index contributed by atoms with van der Waals surface area (Å²) in [6.07, 6.45) is 0.720. The summed E-state index contributed by atoms with van der Waals surface area (Å²) in [7, 11) is -3.88. The fraction of sp³-hybridized carbons (Fsp3) is 0.417. The molecule has 2 N–H and O–H groups in total. The molecular formula is C12H16ClNO4S. The number of carbonyl (C=O) groups excluding carboxylic acids is 1. The summed E-state index contributed by atoms with van der Waals surface area (Å²) in [5.74, 6) is -0.254. The molecule has 7 heteroatoms. The highest BCUT2D eigenvalue weighted by Gasteiger charge is 2.16. The molecule has 0 saturated heterocycles. The van der Waals surface area contributed by atoms with Crippen LogP contribution in [-0.4, -0.2) is 21.0 Å². The van der Waals surface area contributed by atoms with Crippen LogP contribution >= 0.6 is 11.6 Å². The highest BCUT2D eigenvalue weighted by molar-refractivity contribution is 7.89. The van der Waals surface area contributed by atoms with E-state index in [1.54, 1.807) is 0 Å². The van der Waals surface area contributed by atoms with Crippen molar-refractivity contribution in [2.75, 3.05) is 6.61 Å².